The van der Waals surface area contributed by atoms with Crippen LogP contribution in [0.15, 0.2) is 24.5 Å². The predicted octanol–water partition coefficient (Wildman–Crippen LogP) is 0.391. The average Bonchev–Trinajstić information content (AvgIpc) is 2.97. The highest BCUT2D eigenvalue weighted by Gasteiger charge is 2.36. The van der Waals surface area contributed by atoms with Gasteiger partial charge in [-0.15, -0.1) is 0 Å². The zero-order chi connectivity index (χ0) is 16.0. The first-order valence-corrected chi connectivity index (χ1v) is 9.10. The number of sulfonamides is 1. The molecule has 2 heterocycles. The standard InChI is InChI=1S/C14H21N3O4S/c1-22(19,20)17-9-3-6-13(17)14(18)16-8-4-10-21-12-5-2-7-15-11-12/h2,5,7,11,13H,3-4,6,8-10H2,1H3,(H,16,18)/t13-/m0/s1. The monoisotopic (exact) mass is 327 g/mol. The van der Waals surface area contributed by atoms with Crippen molar-refractivity contribution >= 4 is 15.9 Å². The molecule has 1 amide bonds. The Hall–Kier alpha value is -1.67. The molecular formula is C14H21N3O4S. The molecule has 0 spiro atoms. The van der Waals surface area contributed by atoms with E-state index in [1.165, 1.54) is 4.31 Å². The molecule has 22 heavy (non-hydrogen) atoms. The fourth-order valence-electron chi connectivity index (χ4n) is 2.42. The molecule has 0 unspecified atom stereocenters. The molecule has 0 aliphatic carbocycles. The van der Waals surface area contributed by atoms with Crippen molar-refractivity contribution in [2.75, 3.05) is 26.0 Å². The molecule has 1 aliphatic rings. The van der Waals surface area contributed by atoms with E-state index in [1.54, 1.807) is 18.5 Å². The van der Waals surface area contributed by atoms with Crippen LogP contribution in [0.3, 0.4) is 0 Å². The van der Waals surface area contributed by atoms with Crippen LogP contribution in [0.2, 0.25) is 0 Å². The maximum Gasteiger partial charge on any atom is 0.238 e. The molecule has 1 aromatic heterocycles. The van der Waals surface area contributed by atoms with Crippen LogP contribution in [0.4, 0.5) is 0 Å². The number of hydrogen-bond acceptors (Lipinski definition) is 5. The zero-order valence-corrected chi connectivity index (χ0v) is 13.4. The molecule has 0 saturated carbocycles. The summed E-state index contributed by atoms with van der Waals surface area (Å²) < 4.78 is 29.9. The third-order valence-electron chi connectivity index (χ3n) is 3.46. The Kier molecular flexibility index (Phi) is 5.73. The minimum Gasteiger partial charge on any atom is -0.492 e. The van der Waals surface area contributed by atoms with Gasteiger partial charge in [0, 0.05) is 19.3 Å². The lowest BCUT2D eigenvalue weighted by Gasteiger charge is -2.21. The van der Waals surface area contributed by atoms with Crippen molar-refractivity contribution in [2.45, 2.75) is 25.3 Å². The molecule has 122 valence electrons. The number of nitrogens with zero attached hydrogens (tertiary/aromatic N) is 2. The number of nitrogens with one attached hydrogen (secondary N) is 1. The van der Waals surface area contributed by atoms with E-state index in [0.717, 1.165) is 12.7 Å². The van der Waals surface area contributed by atoms with E-state index >= 15 is 0 Å². The molecule has 1 aromatic rings. The number of ether oxygens (including phenoxy) is 1. The molecule has 0 radical (unpaired) electrons. The first kappa shape index (κ1) is 16.7. The fourth-order valence-corrected chi connectivity index (χ4v) is 3.55. The summed E-state index contributed by atoms with van der Waals surface area (Å²) in [5.41, 5.74) is 0. The van der Waals surface area contributed by atoms with Gasteiger partial charge in [0.25, 0.3) is 0 Å². The van der Waals surface area contributed by atoms with Crippen molar-refractivity contribution in [3.8, 4) is 5.75 Å². The molecule has 8 heteroatoms. The Bertz CT molecular complexity index is 591. The normalized spacial score (nSPS) is 19.0. The molecule has 1 fully saturated rings. The molecule has 1 aliphatic heterocycles. The summed E-state index contributed by atoms with van der Waals surface area (Å²) in [6, 6.07) is 3.03. The minimum atomic E-state index is -3.33. The van der Waals surface area contributed by atoms with E-state index in [9.17, 15) is 13.2 Å². The second kappa shape index (κ2) is 7.55. The zero-order valence-electron chi connectivity index (χ0n) is 12.6. The van der Waals surface area contributed by atoms with Crippen molar-refractivity contribution in [1.82, 2.24) is 14.6 Å². The van der Waals surface area contributed by atoms with Gasteiger partial charge in [0.05, 0.1) is 19.1 Å². The topological polar surface area (TPSA) is 88.6 Å². The number of carbonyl (C=O) groups excluding carboxylic acids is 1. The molecule has 1 N–H and O–H groups in total. The lowest BCUT2D eigenvalue weighted by Crippen LogP contribution is -2.45. The van der Waals surface area contributed by atoms with E-state index in [2.05, 4.69) is 10.3 Å². The highest BCUT2D eigenvalue weighted by molar-refractivity contribution is 7.88. The lowest BCUT2D eigenvalue weighted by atomic mass is 10.2. The number of aromatic nitrogens is 1. The van der Waals surface area contributed by atoms with Crippen molar-refractivity contribution in [3.63, 3.8) is 0 Å². The van der Waals surface area contributed by atoms with Crippen LogP contribution in [0.25, 0.3) is 0 Å². The van der Waals surface area contributed by atoms with Crippen LogP contribution < -0.4 is 10.1 Å². The van der Waals surface area contributed by atoms with E-state index in [4.69, 9.17) is 4.74 Å². The lowest BCUT2D eigenvalue weighted by molar-refractivity contribution is -0.124. The molecule has 7 nitrogen and oxygen atoms in total. The molecule has 0 aromatic carbocycles. The third-order valence-corrected chi connectivity index (χ3v) is 4.74. The van der Waals surface area contributed by atoms with Gasteiger partial charge in [0.15, 0.2) is 0 Å². The Morgan fingerprint density at radius 1 is 1.55 bits per heavy atom. The van der Waals surface area contributed by atoms with Crippen LogP contribution in [-0.4, -0.2) is 55.6 Å². The molecule has 1 saturated heterocycles. The molecule has 0 bridgehead atoms. The van der Waals surface area contributed by atoms with Crippen LogP contribution >= 0.6 is 0 Å². The quantitative estimate of drug-likeness (QED) is 0.732. The van der Waals surface area contributed by atoms with Gasteiger partial charge in [-0.1, -0.05) is 0 Å². The SMILES string of the molecule is CS(=O)(=O)N1CCC[C@H]1C(=O)NCCCOc1cccnc1. The summed E-state index contributed by atoms with van der Waals surface area (Å²) in [5, 5.41) is 2.77. The predicted molar refractivity (Wildman–Crippen MR) is 81.9 cm³/mol. The summed E-state index contributed by atoms with van der Waals surface area (Å²) in [6.07, 6.45) is 6.37. The van der Waals surface area contributed by atoms with E-state index in [-0.39, 0.29) is 5.91 Å². The van der Waals surface area contributed by atoms with Gasteiger partial charge in [-0.3, -0.25) is 9.78 Å². The molecule has 2 rings (SSSR count). The second-order valence-corrected chi connectivity index (χ2v) is 7.15. The Labute approximate surface area is 130 Å². The van der Waals surface area contributed by atoms with E-state index in [1.807, 2.05) is 6.07 Å². The Morgan fingerprint density at radius 3 is 3.05 bits per heavy atom. The van der Waals surface area contributed by atoms with Gasteiger partial charge >= 0.3 is 0 Å². The van der Waals surface area contributed by atoms with Crippen LogP contribution in [-0.2, 0) is 14.8 Å². The van der Waals surface area contributed by atoms with Crippen molar-refractivity contribution in [3.05, 3.63) is 24.5 Å². The van der Waals surface area contributed by atoms with Gasteiger partial charge in [0.2, 0.25) is 15.9 Å². The first-order chi connectivity index (χ1) is 10.5. The smallest absolute Gasteiger partial charge is 0.238 e. The summed E-state index contributed by atoms with van der Waals surface area (Å²) in [6.45, 7) is 1.33. The first-order valence-electron chi connectivity index (χ1n) is 7.26. The number of amides is 1. The van der Waals surface area contributed by atoms with Crippen LogP contribution in [0, 0.1) is 0 Å². The van der Waals surface area contributed by atoms with Crippen LogP contribution in [0.1, 0.15) is 19.3 Å². The Balaban J connectivity index is 1.69. The largest absolute Gasteiger partial charge is 0.492 e. The number of hydrogen-bond donors (Lipinski definition) is 1. The number of rotatable bonds is 7. The van der Waals surface area contributed by atoms with Gasteiger partial charge < -0.3 is 10.1 Å². The van der Waals surface area contributed by atoms with Crippen molar-refractivity contribution < 1.29 is 17.9 Å². The van der Waals surface area contributed by atoms with Gasteiger partial charge in [0.1, 0.15) is 11.8 Å². The van der Waals surface area contributed by atoms with Crippen LogP contribution in [0.5, 0.6) is 5.75 Å². The maximum atomic E-state index is 12.1. The molecular weight excluding hydrogens is 306 g/mol. The number of carbonyl (C=O) groups is 1. The summed E-state index contributed by atoms with van der Waals surface area (Å²) in [4.78, 5) is 16.0. The highest BCUT2D eigenvalue weighted by atomic mass is 32.2. The average molecular weight is 327 g/mol. The number of pyridine rings is 1. The van der Waals surface area contributed by atoms with Crippen molar-refractivity contribution in [2.24, 2.45) is 0 Å². The summed E-state index contributed by atoms with van der Waals surface area (Å²) in [5.74, 6) is 0.456. The van der Waals surface area contributed by atoms with Gasteiger partial charge in [-0.25, -0.2) is 8.42 Å². The highest BCUT2D eigenvalue weighted by Crippen LogP contribution is 2.20. The van der Waals surface area contributed by atoms with E-state index < -0.39 is 16.1 Å². The van der Waals surface area contributed by atoms with Gasteiger partial charge in [-0.2, -0.15) is 4.31 Å². The van der Waals surface area contributed by atoms with Gasteiger partial charge in [-0.05, 0) is 31.4 Å². The third kappa shape index (κ3) is 4.67. The fraction of sp³-hybridized carbons (Fsp3) is 0.571. The summed E-state index contributed by atoms with van der Waals surface area (Å²) in [7, 11) is -3.33. The van der Waals surface area contributed by atoms with Crippen molar-refractivity contribution in [1.29, 1.82) is 0 Å². The Morgan fingerprint density at radius 2 is 2.36 bits per heavy atom. The molecule has 1 atom stereocenters. The maximum absolute atomic E-state index is 12.1. The minimum absolute atomic E-state index is 0.232. The van der Waals surface area contributed by atoms with E-state index in [0.29, 0.717) is 38.3 Å². The summed E-state index contributed by atoms with van der Waals surface area (Å²) >= 11 is 0. The second-order valence-electron chi connectivity index (χ2n) is 5.21.